The summed E-state index contributed by atoms with van der Waals surface area (Å²) in [7, 11) is 1.00. The number of hydrogen-bond donors (Lipinski definition) is 3. The minimum atomic E-state index is -0.933. The lowest BCUT2D eigenvalue weighted by atomic mass is 10.2. The monoisotopic (exact) mass is 385 g/mol. The fourth-order valence-corrected chi connectivity index (χ4v) is 2.66. The quantitative estimate of drug-likeness (QED) is 0.628. The third-order valence-corrected chi connectivity index (χ3v) is 3.91. The molecule has 150 valence electrons. The van der Waals surface area contributed by atoms with E-state index in [4.69, 9.17) is 20.3 Å². The number of H-pyrrole nitrogens is 1. The maximum Gasteiger partial charge on any atom is 0.250 e. The summed E-state index contributed by atoms with van der Waals surface area (Å²) in [5, 5.41) is 13.5. The predicted molar refractivity (Wildman–Crippen MR) is 96.5 cm³/mol. The van der Waals surface area contributed by atoms with Crippen LogP contribution in [-0.2, 0) is 9.47 Å². The van der Waals surface area contributed by atoms with E-state index in [1.807, 2.05) is 0 Å². The molecule has 1 saturated heterocycles. The van der Waals surface area contributed by atoms with Gasteiger partial charge in [0.25, 0.3) is 5.95 Å². The molecule has 0 saturated carbocycles. The van der Waals surface area contributed by atoms with Crippen molar-refractivity contribution in [1.82, 2.24) is 15.2 Å². The summed E-state index contributed by atoms with van der Waals surface area (Å²) in [5.74, 6) is -1.40. The van der Waals surface area contributed by atoms with E-state index in [1.165, 1.54) is 6.07 Å². The zero-order chi connectivity index (χ0) is 19.6. The molecular weight excluding hydrogens is 360 g/mol. The first kappa shape index (κ1) is 21.0. The van der Waals surface area contributed by atoms with Gasteiger partial charge in [0, 0.05) is 32.0 Å². The zero-order valence-electron chi connectivity index (χ0n) is 15.2. The molecule has 2 heterocycles. The predicted octanol–water partition coefficient (Wildman–Crippen LogP) is 2.34. The van der Waals surface area contributed by atoms with Crippen molar-refractivity contribution in [2.24, 2.45) is 0 Å². The minimum Gasteiger partial charge on any atom is -0.400 e. The average molecular weight is 385 g/mol. The summed E-state index contributed by atoms with van der Waals surface area (Å²) < 4.78 is 38.0. The van der Waals surface area contributed by atoms with E-state index in [-0.39, 0.29) is 18.2 Å². The van der Waals surface area contributed by atoms with Gasteiger partial charge in [0.15, 0.2) is 17.9 Å². The highest BCUT2D eigenvalue weighted by atomic mass is 19.2. The maximum absolute atomic E-state index is 13.6. The summed E-state index contributed by atoms with van der Waals surface area (Å²) in [6, 6.07) is 3.64. The average Bonchev–Trinajstić information content (AvgIpc) is 3.12. The van der Waals surface area contributed by atoms with Crippen molar-refractivity contribution in [2.45, 2.75) is 32.0 Å². The Kier molecular flexibility index (Phi) is 8.37. The second kappa shape index (κ2) is 10.8. The third kappa shape index (κ3) is 6.12. The van der Waals surface area contributed by atoms with E-state index in [9.17, 15) is 8.78 Å². The number of nitrogen functional groups attached to an aromatic ring is 1. The number of anilines is 3. The number of aliphatic hydroxyl groups is 1. The lowest BCUT2D eigenvalue weighted by Crippen LogP contribution is -2.25. The molecule has 4 N–H and O–H groups in total. The number of nitrogens with zero attached hydrogens (tertiary/aromatic N) is 3. The lowest BCUT2D eigenvalue weighted by molar-refractivity contribution is -0.162. The first-order valence-electron chi connectivity index (χ1n) is 8.72. The van der Waals surface area contributed by atoms with Crippen LogP contribution in [0.5, 0.6) is 0 Å². The van der Waals surface area contributed by atoms with E-state index in [2.05, 4.69) is 15.2 Å². The maximum atomic E-state index is 13.6. The Morgan fingerprint density at radius 1 is 1.33 bits per heavy atom. The molecule has 1 unspecified atom stereocenters. The van der Waals surface area contributed by atoms with Gasteiger partial charge in [0.1, 0.15) is 0 Å². The van der Waals surface area contributed by atoms with Crippen LogP contribution in [0, 0.1) is 11.6 Å². The molecule has 1 atom stereocenters. The third-order valence-electron chi connectivity index (χ3n) is 3.91. The van der Waals surface area contributed by atoms with Crippen LogP contribution < -0.4 is 10.6 Å². The molecular formula is C17H25F2N5O3. The molecule has 1 aromatic carbocycles. The number of nitrogens with two attached hydrogens (primary N) is 1. The van der Waals surface area contributed by atoms with Crippen LogP contribution in [-0.4, -0.2) is 53.4 Å². The largest absolute Gasteiger partial charge is 0.400 e. The number of hydrogen-bond acceptors (Lipinski definition) is 7. The Labute approximate surface area is 156 Å². The van der Waals surface area contributed by atoms with Crippen molar-refractivity contribution < 1.29 is 23.4 Å². The molecule has 0 spiro atoms. The standard InChI is InChI=1S/C16H21F2N5O2.CH4O/c17-12-6-5-11(10-13(12)18)23(16-20-15(19)21-22-16)7-3-9-25-14-4-1-2-8-24-14;1-2/h5-6,10,14H,1-4,7-9H2,(H3,19,20,21,22);2H,1H3. The van der Waals surface area contributed by atoms with Gasteiger partial charge in [0.2, 0.25) is 5.95 Å². The Morgan fingerprint density at radius 2 is 2.15 bits per heavy atom. The fraction of sp³-hybridized carbons (Fsp3) is 0.529. The van der Waals surface area contributed by atoms with Gasteiger partial charge in [-0.25, -0.2) is 13.9 Å². The van der Waals surface area contributed by atoms with Crippen molar-refractivity contribution in [2.75, 3.05) is 37.5 Å². The van der Waals surface area contributed by atoms with Gasteiger partial charge in [0.05, 0.1) is 6.61 Å². The zero-order valence-corrected chi connectivity index (χ0v) is 15.2. The molecule has 0 aliphatic carbocycles. The number of halogens is 2. The Bertz CT molecular complexity index is 695. The summed E-state index contributed by atoms with van der Waals surface area (Å²) in [4.78, 5) is 5.72. The molecule has 0 bridgehead atoms. The smallest absolute Gasteiger partial charge is 0.250 e. The summed E-state index contributed by atoms with van der Waals surface area (Å²) in [6.07, 6.45) is 3.53. The highest BCUT2D eigenvalue weighted by molar-refractivity contribution is 5.57. The number of aromatic amines is 1. The SMILES string of the molecule is CO.Nc1nc(N(CCCOC2CCCCO2)c2ccc(F)c(F)c2)n[nH]1. The van der Waals surface area contributed by atoms with Crippen LogP contribution in [0.25, 0.3) is 0 Å². The number of rotatable bonds is 7. The molecule has 0 radical (unpaired) electrons. The van der Waals surface area contributed by atoms with Gasteiger partial charge in [-0.1, -0.05) is 0 Å². The second-order valence-corrected chi connectivity index (χ2v) is 5.79. The van der Waals surface area contributed by atoms with Gasteiger partial charge in [-0.15, -0.1) is 5.10 Å². The van der Waals surface area contributed by atoms with Gasteiger partial charge in [-0.05, 0) is 37.8 Å². The van der Waals surface area contributed by atoms with Crippen LogP contribution >= 0.6 is 0 Å². The summed E-state index contributed by atoms with van der Waals surface area (Å²) >= 11 is 0. The Hall–Kier alpha value is -2.30. The molecule has 27 heavy (non-hydrogen) atoms. The van der Waals surface area contributed by atoms with Crippen LogP contribution in [0.4, 0.5) is 26.4 Å². The number of nitrogens with one attached hydrogen (secondary N) is 1. The summed E-state index contributed by atoms with van der Waals surface area (Å²) in [6.45, 7) is 1.65. The molecule has 10 heteroatoms. The van der Waals surface area contributed by atoms with Crippen molar-refractivity contribution >= 4 is 17.6 Å². The molecule has 2 aromatic rings. The Morgan fingerprint density at radius 3 is 2.78 bits per heavy atom. The molecule has 0 amide bonds. The molecule has 1 aliphatic rings. The van der Waals surface area contributed by atoms with E-state index in [0.29, 0.717) is 25.3 Å². The van der Waals surface area contributed by atoms with Crippen LogP contribution in [0.3, 0.4) is 0 Å². The first-order valence-corrected chi connectivity index (χ1v) is 8.72. The number of aliphatic hydroxyl groups excluding tert-OH is 1. The van der Waals surface area contributed by atoms with E-state index < -0.39 is 11.6 Å². The van der Waals surface area contributed by atoms with Crippen LogP contribution in [0.1, 0.15) is 25.7 Å². The van der Waals surface area contributed by atoms with Crippen molar-refractivity contribution in [1.29, 1.82) is 0 Å². The first-order chi connectivity index (χ1) is 13.1. The van der Waals surface area contributed by atoms with Crippen molar-refractivity contribution in [3.05, 3.63) is 29.8 Å². The summed E-state index contributed by atoms with van der Waals surface area (Å²) in [5.41, 5.74) is 6.01. The highest BCUT2D eigenvalue weighted by Gasteiger charge is 2.17. The minimum absolute atomic E-state index is 0.148. The molecule has 1 aliphatic heterocycles. The fourth-order valence-electron chi connectivity index (χ4n) is 2.66. The van der Waals surface area contributed by atoms with Gasteiger partial charge >= 0.3 is 0 Å². The topological polar surface area (TPSA) is 110 Å². The number of ether oxygens (including phenoxy) is 2. The lowest BCUT2D eigenvalue weighted by Gasteiger charge is -2.24. The van der Waals surface area contributed by atoms with Crippen LogP contribution in [0.15, 0.2) is 18.2 Å². The van der Waals surface area contributed by atoms with Gasteiger partial charge in [-0.3, -0.25) is 0 Å². The number of aromatic nitrogens is 3. The highest BCUT2D eigenvalue weighted by Crippen LogP contribution is 2.24. The molecule has 1 fully saturated rings. The van der Waals surface area contributed by atoms with E-state index in [0.717, 1.165) is 45.1 Å². The molecule has 3 rings (SSSR count). The van der Waals surface area contributed by atoms with Gasteiger partial charge in [-0.2, -0.15) is 4.98 Å². The van der Waals surface area contributed by atoms with E-state index >= 15 is 0 Å². The van der Waals surface area contributed by atoms with Crippen molar-refractivity contribution in [3.63, 3.8) is 0 Å². The molecule has 8 nitrogen and oxygen atoms in total. The van der Waals surface area contributed by atoms with Gasteiger partial charge < -0.3 is 25.2 Å². The molecule has 1 aromatic heterocycles. The second-order valence-electron chi connectivity index (χ2n) is 5.79. The van der Waals surface area contributed by atoms with Crippen LogP contribution in [0.2, 0.25) is 0 Å². The van der Waals surface area contributed by atoms with Crippen molar-refractivity contribution in [3.8, 4) is 0 Å². The number of benzene rings is 1. The Balaban J connectivity index is 0.00000126. The van der Waals surface area contributed by atoms with E-state index in [1.54, 1.807) is 4.90 Å². The normalized spacial score (nSPS) is 16.5.